The van der Waals surface area contributed by atoms with Gasteiger partial charge in [0.1, 0.15) is 5.00 Å². The van der Waals surface area contributed by atoms with Gasteiger partial charge in [0.2, 0.25) is 0 Å². The van der Waals surface area contributed by atoms with E-state index in [1.165, 1.54) is 11.3 Å². The topological polar surface area (TPSA) is 98.7 Å². The van der Waals surface area contributed by atoms with E-state index in [1.54, 1.807) is 13.3 Å². The van der Waals surface area contributed by atoms with Crippen molar-refractivity contribution in [3.63, 3.8) is 0 Å². The lowest BCUT2D eigenvalue weighted by molar-refractivity contribution is -0.119. The molecule has 2 heterocycles. The van der Waals surface area contributed by atoms with Crippen LogP contribution in [0.15, 0.2) is 30.5 Å². The molecule has 3 aromatic rings. The molecular weight excluding hydrogens is 454 g/mol. The third-order valence-electron chi connectivity index (χ3n) is 5.93. The van der Waals surface area contributed by atoms with Gasteiger partial charge in [-0.05, 0) is 44.2 Å². The summed E-state index contributed by atoms with van der Waals surface area (Å²) in [5.41, 5.74) is 2.89. The molecule has 2 N–H and O–H groups in total. The van der Waals surface area contributed by atoms with Gasteiger partial charge < -0.3 is 24.7 Å². The molecule has 0 unspecified atom stereocenters. The molecule has 0 bridgehead atoms. The number of nitrogens with one attached hydrogen (secondary N) is 2. The molecule has 1 aliphatic carbocycles. The van der Waals surface area contributed by atoms with Crippen molar-refractivity contribution in [1.82, 2.24) is 9.88 Å². The molecule has 1 aromatic carbocycles. The number of aryl methyl sites for hydroxylation is 2. The number of ether oxygens (including phenoxy) is 2. The Morgan fingerprint density at radius 3 is 2.74 bits per heavy atom. The maximum Gasteiger partial charge on any atom is 0.340 e. The molecule has 0 radical (unpaired) electrons. The number of fused-ring (bicyclic) bond motifs is 2. The summed E-state index contributed by atoms with van der Waals surface area (Å²) in [5.74, 6) is -1.25. The second-order valence-electron chi connectivity index (χ2n) is 8.13. The van der Waals surface area contributed by atoms with Gasteiger partial charge in [-0.2, -0.15) is 0 Å². The Morgan fingerprint density at radius 1 is 1.15 bits per heavy atom. The summed E-state index contributed by atoms with van der Waals surface area (Å²) in [6.45, 7) is 3.07. The third-order valence-corrected chi connectivity index (χ3v) is 7.13. The number of amides is 2. The van der Waals surface area contributed by atoms with Crippen molar-refractivity contribution in [3.05, 3.63) is 52.0 Å². The second kappa shape index (κ2) is 10.8. The standard InChI is InChI=1S/C25H29N3O5S/c1-3-28-14-18(16-8-4-6-10-19(16)28)25(31)33-15-21(29)27-24-22(23(30)26-12-13-32-2)17-9-5-7-11-20(17)34-24/h4,6,8,10,14H,3,5,7,9,11-13,15H2,1-2H3,(H,26,30)(H,27,29). The first-order valence-electron chi connectivity index (χ1n) is 11.5. The van der Waals surface area contributed by atoms with Crippen molar-refractivity contribution < 1.29 is 23.9 Å². The number of anilines is 1. The third kappa shape index (κ3) is 5.00. The van der Waals surface area contributed by atoms with E-state index in [9.17, 15) is 14.4 Å². The monoisotopic (exact) mass is 483 g/mol. The first-order valence-corrected chi connectivity index (χ1v) is 12.3. The lowest BCUT2D eigenvalue weighted by Gasteiger charge is -2.13. The Hall–Kier alpha value is -3.17. The molecule has 0 aliphatic heterocycles. The van der Waals surface area contributed by atoms with Gasteiger partial charge in [-0.25, -0.2) is 4.79 Å². The number of hydrogen-bond acceptors (Lipinski definition) is 6. The summed E-state index contributed by atoms with van der Waals surface area (Å²) in [5, 5.41) is 6.95. The van der Waals surface area contributed by atoms with Crippen molar-refractivity contribution in [2.24, 2.45) is 0 Å². The van der Waals surface area contributed by atoms with Crippen LogP contribution in [-0.2, 0) is 33.7 Å². The molecule has 34 heavy (non-hydrogen) atoms. The minimum absolute atomic E-state index is 0.226. The van der Waals surface area contributed by atoms with E-state index in [-0.39, 0.29) is 5.91 Å². The van der Waals surface area contributed by atoms with Gasteiger partial charge in [0, 0.05) is 42.2 Å². The van der Waals surface area contributed by atoms with E-state index >= 15 is 0 Å². The summed E-state index contributed by atoms with van der Waals surface area (Å²) in [7, 11) is 1.57. The van der Waals surface area contributed by atoms with Crippen LogP contribution in [0.1, 0.15) is 50.9 Å². The van der Waals surface area contributed by atoms with Crippen LogP contribution in [-0.4, -0.2) is 49.2 Å². The fraction of sp³-hybridized carbons (Fsp3) is 0.400. The molecule has 180 valence electrons. The predicted octanol–water partition coefficient (Wildman–Crippen LogP) is 3.77. The maximum atomic E-state index is 12.9. The SMILES string of the molecule is CCn1cc(C(=O)OCC(=O)Nc2sc3c(c2C(=O)NCCOC)CCCC3)c2ccccc21. The minimum atomic E-state index is -0.554. The molecule has 0 fully saturated rings. The number of nitrogens with zero attached hydrogens (tertiary/aromatic N) is 1. The average Bonchev–Trinajstić information content (AvgIpc) is 3.40. The summed E-state index contributed by atoms with van der Waals surface area (Å²) >= 11 is 1.43. The lowest BCUT2D eigenvalue weighted by atomic mass is 9.95. The Balaban J connectivity index is 1.46. The van der Waals surface area contributed by atoms with Crippen LogP contribution in [0.4, 0.5) is 5.00 Å². The lowest BCUT2D eigenvalue weighted by Crippen LogP contribution is -2.29. The Bertz CT molecular complexity index is 1210. The molecule has 0 spiro atoms. The van der Waals surface area contributed by atoms with Gasteiger partial charge in [0.15, 0.2) is 6.61 Å². The van der Waals surface area contributed by atoms with Crippen LogP contribution in [0, 0.1) is 0 Å². The number of methoxy groups -OCH3 is 1. The minimum Gasteiger partial charge on any atom is -0.452 e. The highest BCUT2D eigenvalue weighted by molar-refractivity contribution is 7.17. The van der Waals surface area contributed by atoms with Crippen molar-refractivity contribution in [2.75, 3.05) is 32.2 Å². The van der Waals surface area contributed by atoms with Crippen LogP contribution in [0.5, 0.6) is 0 Å². The smallest absolute Gasteiger partial charge is 0.340 e. The molecule has 8 nitrogen and oxygen atoms in total. The van der Waals surface area contributed by atoms with Crippen molar-refractivity contribution in [3.8, 4) is 0 Å². The van der Waals surface area contributed by atoms with Crippen molar-refractivity contribution in [1.29, 1.82) is 0 Å². The maximum absolute atomic E-state index is 12.9. The number of hydrogen-bond donors (Lipinski definition) is 2. The van der Waals surface area contributed by atoms with E-state index in [1.807, 2.05) is 35.8 Å². The predicted molar refractivity (Wildman–Crippen MR) is 132 cm³/mol. The van der Waals surface area contributed by atoms with E-state index < -0.39 is 18.5 Å². The number of rotatable bonds is 9. The first-order chi connectivity index (χ1) is 16.5. The number of benzene rings is 1. The summed E-state index contributed by atoms with van der Waals surface area (Å²) in [4.78, 5) is 39.4. The van der Waals surface area contributed by atoms with Gasteiger partial charge in [-0.1, -0.05) is 18.2 Å². The van der Waals surface area contributed by atoms with Gasteiger partial charge in [0.05, 0.1) is 17.7 Å². The van der Waals surface area contributed by atoms with Crippen LogP contribution >= 0.6 is 11.3 Å². The number of esters is 1. The van der Waals surface area contributed by atoms with E-state index in [0.29, 0.717) is 35.8 Å². The summed E-state index contributed by atoms with van der Waals surface area (Å²) < 4.78 is 12.3. The highest BCUT2D eigenvalue weighted by atomic mass is 32.1. The van der Waals surface area contributed by atoms with Gasteiger partial charge >= 0.3 is 5.97 Å². The molecule has 9 heteroatoms. The van der Waals surface area contributed by atoms with Crippen molar-refractivity contribution in [2.45, 2.75) is 39.2 Å². The molecule has 2 amide bonds. The van der Waals surface area contributed by atoms with Crippen LogP contribution in [0.2, 0.25) is 0 Å². The van der Waals surface area contributed by atoms with Gasteiger partial charge in [-0.15, -0.1) is 11.3 Å². The average molecular weight is 484 g/mol. The van der Waals surface area contributed by atoms with E-state index in [4.69, 9.17) is 9.47 Å². The molecular formula is C25H29N3O5S. The normalized spacial score (nSPS) is 12.9. The summed E-state index contributed by atoms with van der Waals surface area (Å²) in [6, 6.07) is 7.59. The molecule has 0 saturated carbocycles. The van der Waals surface area contributed by atoms with E-state index in [0.717, 1.165) is 47.0 Å². The zero-order valence-corrected chi connectivity index (χ0v) is 20.3. The molecule has 1 aliphatic rings. The fourth-order valence-corrected chi connectivity index (χ4v) is 5.59. The Morgan fingerprint density at radius 2 is 1.94 bits per heavy atom. The van der Waals surface area contributed by atoms with Gasteiger partial charge in [0.25, 0.3) is 11.8 Å². The number of aromatic nitrogens is 1. The number of para-hydroxylation sites is 1. The highest BCUT2D eigenvalue weighted by Gasteiger charge is 2.26. The Labute approximate surface area is 202 Å². The molecule has 4 rings (SSSR count). The van der Waals surface area contributed by atoms with E-state index in [2.05, 4.69) is 10.6 Å². The van der Waals surface area contributed by atoms with Crippen LogP contribution < -0.4 is 10.6 Å². The largest absolute Gasteiger partial charge is 0.452 e. The second-order valence-corrected chi connectivity index (χ2v) is 9.24. The number of carbonyl (C=O) groups excluding carboxylic acids is 3. The Kier molecular flexibility index (Phi) is 7.64. The van der Waals surface area contributed by atoms with Crippen LogP contribution in [0.3, 0.4) is 0 Å². The zero-order valence-electron chi connectivity index (χ0n) is 19.4. The molecule has 2 aromatic heterocycles. The van der Waals surface area contributed by atoms with Gasteiger partial charge in [-0.3, -0.25) is 9.59 Å². The quantitative estimate of drug-likeness (QED) is 0.357. The van der Waals surface area contributed by atoms with Crippen LogP contribution in [0.25, 0.3) is 10.9 Å². The first kappa shape index (κ1) is 24.0. The number of thiophene rings is 1. The molecule has 0 saturated heterocycles. The van der Waals surface area contributed by atoms with Crippen molar-refractivity contribution >= 4 is 45.0 Å². The highest BCUT2D eigenvalue weighted by Crippen LogP contribution is 2.38. The summed E-state index contributed by atoms with van der Waals surface area (Å²) in [6.07, 6.45) is 5.53. The number of carbonyl (C=O) groups is 3. The fourth-order valence-electron chi connectivity index (χ4n) is 4.29. The zero-order chi connectivity index (χ0) is 24.1. The molecule has 0 atom stereocenters.